The van der Waals surface area contributed by atoms with Gasteiger partial charge in [0.1, 0.15) is 17.2 Å². The van der Waals surface area contributed by atoms with Gasteiger partial charge in [-0.1, -0.05) is 45.0 Å². The van der Waals surface area contributed by atoms with Crippen molar-refractivity contribution in [3.63, 3.8) is 0 Å². The number of nitrogens with one attached hydrogen (secondary N) is 2. The van der Waals surface area contributed by atoms with Crippen LogP contribution in [0, 0.1) is 0 Å². The van der Waals surface area contributed by atoms with Gasteiger partial charge in [-0.15, -0.1) is 11.3 Å². The smallest absolute Gasteiger partial charge is 0.350 e. The number of fused-ring (bicyclic) bond motifs is 1. The van der Waals surface area contributed by atoms with Gasteiger partial charge in [0.25, 0.3) is 0 Å². The zero-order chi connectivity index (χ0) is 28.0. The monoisotopic (exact) mass is 555 g/mol. The van der Waals surface area contributed by atoms with E-state index < -0.39 is 12.0 Å². The van der Waals surface area contributed by atoms with Crippen LogP contribution < -0.4 is 15.4 Å². The second kappa shape index (κ2) is 12.8. The van der Waals surface area contributed by atoms with Crippen LogP contribution in [-0.4, -0.2) is 76.7 Å². The number of hydrogen-bond donors (Lipinski definition) is 2. The molecule has 0 bridgehead atoms. The van der Waals surface area contributed by atoms with E-state index in [1.807, 2.05) is 42.5 Å². The highest BCUT2D eigenvalue weighted by Crippen LogP contribution is 2.36. The van der Waals surface area contributed by atoms with Gasteiger partial charge >= 0.3 is 12.0 Å². The molecule has 2 aromatic carbocycles. The third-order valence-corrected chi connectivity index (χ3v) is 8.00. The van der Waals surface area contributed by atoms with Crippen molar-refractivity contribution in [3.05, 3.63) is 52.2 Å². The van der Waals surface area contributed by atoms with Crippen LogP contribution in [0.25, 0.3) is 10.8 Å². The number of rotatable bonds is 9. The molecule has 0 spiro atoms. The molecule has 0 aliphatic carbocycles. The summed E-state index contributed by atoms with van der Waals surface area (Å²) in [5.41, 5.74) is 0.884. The van der Waals surface area contributed by atoms with Gasteiger partial charge in [0, 0.05) is 42.4 Å². The van der Waals surface area contributed by atoms with E-state index in [4.69, 9.17) is 18.9 Å². The number of urea groups is 1. The Kier molecular flexibility index (Phi) is 9.45. The maximum absolute atomic E-state index is 13.0. The zero-order valence-corrected chi connectivity index (χ0v) is 24.0. The van der Waals surface area contributed by atoms with Crippen LogP contribution in [0.4, 0.5) is 16.2 Å². The maximum Gasteiger partial charge on any atom is 0.350 e. The molecule has 3 aromatic rings. The van der Waals surface area contributed by atoms with Gasteiger partial charge in [0.05, 0.1) is 37.8 Å². The molecule has 2 N–H and O–H groups in total. The largest absolute Gasteiger partial charge is 0.492 e. The highest BCUT2D eigenvalue weighted by molar-refractivity contribution is 7.14. The topological polar surface area (TPSA) is 98.4 Å². The lowest BCUT2D eigenvalue weighted by molar-refractivity contribution is -0.0627. The normalized spacial score (nSPS) is 16.2. The first-order valence-electron chi connectivity index (χ1n) is 13.0. The predicted molar refractivity (Wildman–Crippen MR) is 154 cm³/mol. The predicted octanol–water partition coefficient (Wildman–Crippen LogP) is 5.36. The second-order valence-corrected chi connectivity index (χ2v) is 11.5. The highest BCUT2D eigenvalue weighted by Gasteiger charge is 2.25. The van der Waals surface area contributed by atoms with E-state index in [-0.39, 0.29) is 11.5 Å². The first-order chi connectivity index (χ1) is 18.7. The molecular formula is C29H37N3O6S. The van der Waals surface area contributed by atoms with Crippen molar-refractivity contribution in [1.29, 1.82) is 0 Å². The Balaban J connectivity index is 1.44. The minimum atomic E-state index is -0.482. The average Bonchev–Trinajstić information content (AvgIpc) is 3.34. The third kappa shape index (κ3) is 7.27. The van der Waals surface area contributed by atoms with E-state index in [2.05, 4.69) is 36.3 Å². The van der Waals surface area contributed by atoms with E-state index >= 15 is 0 Å². The number of methoxy groups -OCH3 is 2. The molecule has 39 heavy (non-hydrogen) atoms. The van der Waals surface area contributed by atoms with Crippen LogP contribution in [0.15, 0.2) is 42.5 Å². The Morgan fingerprint density at radius 1 is 1.08 bits per heavy atom. The standard InChI is InChI=1S/C29H37N3O6S/c1-29(2,3)25-16-23(26(39-25)27(33)36-5)31-28(34)30-22-10-11-24(21-9-7-6-8-20(21)22)38-15-13-32-12-14-37-19(17-32)18-35-4/h6-11,16,19H,12-15,17-18H2,1-5H3,(H2,30,31,34). The molecule has 10 heteroatoms. The fourth-order valence-electron chi connectivity index (χ4n) is 4.43. The number of esters is 1. The summed E-state index contributed by atoms with van der Waals surface area (Å²) < 4.78 is 22.0. The van der Waals surface area contributed by atoms with Gasteiger partial charge in [-0.25, -0.2) is 9.59 Å². The molecule has 1 unspecified atom stereocenters. The van der Waals surface area contributed by atoms with Crippen molar-refractivity contribution in [2.45, 2.75) is 32.3 Å². The second-order valence-electron chi connectivity index (χ2n) is 10.4. The minimum absolute atomic E-state index is 0.0823. The molecule has 9 nitrogen and oxygen atoms in total. The number of amides is 2. The molecule has 210 valence electrons. The van der Waals surface area contributed by atoms with Crippen LogP contribution >= 0.6 is 11.3 Å². The first-order valence-corrected chi connectivity index (χ1v) is 13.8. The Morgan fingerprint density at radius 2 is 1.82 bits per heavy atom. The molecule has 2 heterocycles. The number of carbonyl (C=O) groups excluding carboxylic acids is 2. The van der Waals surface area contributed by atoms with Gasteiger partial charge < -0.3 is 29.6 Å². The Labute approximate surface area is 233 Å². The number of nitrogens with zero attached hydrogens (tertiary/aromatic N) is 1. The van der Waals surface area contributed by atoms with Crippen LogP contribution in [0.5, 0.6) is 5.75 Å². The van der Waals surface area contributed by atoms with Crippen LogP contribution in [0.1, 0.15) is 35.3 Å². The number of carbonyl (C=O) groups is 2. The van der Waals surface area contributed by atoms with Crippen molar-refractivity contribution >= 4 is 45.5 Å². The molecule has 1 saturated heterocycles. The van der Waals surface area contributed by atoms with E-state index in [1.165, 1.54) is 18.4 Å². The van der Waals surface area contributed by atoms with Gasteiger partial charge in [-0.05, 0) is 23.6 Å². The summed E-state index contributed by atoms with van der Waals surface area (Å²) >= 11 is 1.32. The number of thiophene rings is 1. The lowest BCUT2D eigenvalue weighted by atomic mass is 9.94. The Hall–Kier alpha value is -3.18. The summed E-state index contributed by atoms with van der Waals surface area (Å²) in [4.78, 5) is 29.0. The number of hydrogen-bond acceptors (Lipinski definition) is 8. The minimum Gasteiger partial charge on any atom is -0.492 e. The summed E-state index contributed by atoms with van der Waals surface area (Å²) in [5, 5.41) is 7.51. The van der Waals surface area contributed by atoms with Crippen molar-refractivity contribution < 1.29 is 28.5 Å². The average molecular weight is 556 g/mol. The lowest BCUT2D eigenvalue weighted by Crippen LogP contribution is -2.45. The summed E-state index contributed by atoms with van der Waals surface area (Å²) in [7, 11) is 3.01. The van der Waals surface area contributed by atoms with Gasteiger partial charge in [0.15, 0.2) is 0 Å². The number of morpholine rings is 1. The molecule has 4 rings (SSSR count). The molecule has 1 fully saturated rings. The van der Waals surface area contributed by atoms with Gasteiger partial charge in [-0.3, -0.25) is 4.90 Å². The summed E-state index contributed by atoms with van der Waals surface area (Å²) in [5.74, 6) is 0.267. The fourth-order valence-corrected chi connectivity index (χ4v) is 5.52. The van der Waals surface area contributed by atoms with Crippen LogP contribution in [-0.2, 0) is 19.6 Å². The lowest BCUT2D eigenvalue weighted by Gasteiger charge is -2.32. The Bertz CT molecular complexity index is 1300. The van der Waals surface area contributed by atoms with Crippen molar-refractivity contribution in [2.24, 2.45) is 0 Å². The quantitative estimate of drug-likeness (QED) is 0.343. The van der Waals surface area contributed by atoms with Gasteiger partial charge in [0.2, 0.25) is 0 Å². The van der Waals surface area contributed by atoms with Crippen molar-refractivity contribution in [3.8, 4) is 5.75 Å². The summed E-state index contributed by atoms with van der Waals surface area (Å²) in [6.07, 6.45) is 0.0823. The molecule has 1 atom stereocenters. The van der Waals surface area contributed by atoms with Crippen LogP contribution in [0.2, 0.25) is 0 Å². The molecule has 1 aromatic heterocycles. The van der Waals surface area contributed by atoms with Gasteiger partial charge in [-0.2, -0.15) is 0 Å². The SMILES string of the molecule is COCC1CN(CCOc2ccc(NC(=O)Nc3cc(C(C)(C)C)sc3C(=O)OC)c3ccccc23)CCO1. The number of ether oxygens (including phenoxy) is 4. The number of benzene rings is 2. The van der Waals surface area contributed by atoms with Crippen molar-refractivity contribution in [2.75, 3.05) is 64.3 Å². The van der Waals surface area contributed by atoms with E-state index in [9.17, 15) is 9.59 Å². The van der Waals surface area contributed by atoms with Crippen molar-refractivity contribution in [1.82, 2.24) is 4.90 Å². The first kappa shape index (κ1) is 28.8. The highest BCUT2D eigenvalue weighted by atomic mass is 32.1. The number of anilines is 2. The summed E-state index contributed by atoms with van der Waals surface area (Å²) in [6, 6.07) is 12.9. The molecule has 1 aliphatic rings. The maximum atomic E-state index is 13.0. The molecule has 0 saturated carbocycles. The molecule has 2 amide bonds. The Morgan fingerprint density at radius 3 is 2.54 bits per heavy atom. The fraction of sp³-hybridized carbons (Fsp3) is 0.448. The summed E-state index contributed by atoms with van der Waals surface area (Å²) in [6.45, 7) is 10.4. The van der Waals surface area contributed by atoms with E-state index in [0.717, 1.165) is 41.0 Å². The zero-order valence-electron chi connectivity index (χ0n) is 23.2. The third-order valence-electron chi connectivity index (χ3n) is 6.46. The molecule has 0 radical (unpaired) electrons. The molecule has 1 aliphatic heterocycles. The molecular weight excluding hydrogens is 518 g/mol. The van der Waals surface area contributed by atoms with Crippen LogP contribution in [0.3, 0.4) is 0 Å². The van der Waals surface area contributed by atoms with E-state index in [0.29, 0.717) is 36.1 Å². The van der Waals surface area contributed by atoms with E-state index in [1.54, 1.807) is 7.11 Å².